The third kappa shape index (κ3) is 1.86. The van der Waals surface area contributed by atoms with Gasteiger partial charge in [-0.3, -0.25) is 4.90 Å². The molecule has 2 saturated heterocycles. The van der Waals surface area contributed by atoms with E-state index in [0.29, 0.717) is 6.04 Å². The van der Waals surface area contributed by atoms with Crippen LogP contribution in [0, 0.1) is 11.8 Å². The number of aromatic nitrogens is 2. The second-order valence-corrected chi connectivity index (χ2v) is 5.95. The smallest absolute Gasteiger partial charge is 0.121 e. The molecule has 3 unspecified atom stereocenters. The molecule has 0 saturated carbocycles. The Morgan fingerprint density at radius 2 is 2.21 bits per heavy atom. The SMILES string of the molecule is CC1C2CNCC2CN1Cc1nc2ccccc2[nH]1. The van der Waals surface area contributed by atoms with Crippen molar-refractivity contribution in [1.82, 2.24) is 20.2 Å². The number of imidazole rings is 1. The Morgan fingerprint density at radius 3 is 3.05 bits per heavy atom. The Labute approximate surface area is 113 Å². The lowest BCUT2D eigenvalue weighted by molar-refractivity contribution is 0.227. The highest BCUT2D eigenvalue weighted by Gasteiger charge is 2.41. The predicted octanol–water partition coefficient (Wildman–Crippen LogP) is 1.60. The summed E-state index contributed by atoms with van der Waals surface area (Å²) in [7, 11) is 0. The van der Waals surface area contributed by atoms with Gasteiger partial charge >= 0.3 is 0 Å². The van der Waals surface area contributed by atoms with Crippen molar-refractivity contribution in [2.24, 2.45) is 11.8 Å². The van der Waals surface area contributed by atoms with E-state index < -0.39 is 0 Å². The number of para-hydroxylation sites is 2. The molecule has 1 aromatic heterocycles. The molecule has 0 amide bonds. The van der Waals surface area contributed by atoms with Crippen LogP contribution in [-0.2, 0) is 6.54 Å². The maximum Gasteiger partial charge on any atom is 0.121 e. The highest BCUT2D eigenvalue weighted by Crippen LogP contribution is 2.33. The molecule has 4 heteroatoms. The summed E-state index contributed by atoms with van der Waals surface area (Å²) in [5.41, 5.74) is 2.22. The minimum absolute atomic E-state index is 0.660. The molecule has 2 aromatic rings. The van der Waals surface area contributed by atoms with Crippen LogP contribution in [0.5, 0.6) is 0 Å². The average Bonchev–Trinajstić information content (AvgIpc) is 3.07. The van der Waals surface area contributed by atoms with E-state index >= 15 is 0 Å². The van der Waals surface area contributed by atoms with Gasteiger partial charge in [-0.15, -0.1) is 0 Å². The fourth-order valence-corrected chi connectivity index (χ4v) is 3.74. The minimum Gasteiger partial charge on any atom is -0.341 e. The van der Waals surface area contributed by atoms with Crippen molar-refractivity contribution in [1.29, 1.82) is 0 Å². The van der Waals surface area contributed by atoms with Gasteiger partial charge < -0.3 is 10.3 Å². The van der Waals surface area contributed by atoms with E-state index in [2.05, 4.69) is 40.3 Å². The first-order chi connectivity index (χ1) is 9.31. The van der Waals surface area contributed by atoms with Crippen LogP contribution in [0.1, 0.15) is 12.7 Å². The summed E-state index contributed by atoms with van der Waals surface area (Å²) in [5, 5.41) is 3.51. The number of nitrogens with zero attached hydrogens (tertiary/aromatic N) is 2. The third-order valence-electron chi connectivity index (χ3n) is 4.85. The lowest BCUT2D eigenvalue weighted by Crippen LogP contribution is -2.33. The lowest BCUT2D eigenvalue weighted by Gasteiger charge is -2.23. The second-order valence-electron chi connectivity index (χ2n) is 5.95. The van der Waals surface area contributed by atoms with Gasteiger partial charge in [-0.05, 0) is 44.0 Å². The molecule has 3 atom stereocenters. The molecule has 2 aliphatic heterocycles. The van der Waals surface area contributed by atoms with E-state index in [0.717, 1.165) is 35.2 Å². The number of likely N-dealkylation sites (tertiary alicyclic amines) is 1. The molecule has 2 fully saturated rings. The summed E-state index contributed by atoms with van der Waals surface area (Å²) in [6.07, 6.45) is 0. The Hall–Kier alpha value is -1.39. The molecule has 0 bridgehead atoms. The molecule has 4 nitrogen and oxygen atoms in total. The molecular weight excluding hydrogens is 236 g/mol. The van der Waals surface area contributed by atoms with Gasteiger partial charge in [0.05, 0.1) is 17.6 Å². The topological polar surface area (TPSA) is 44.0 Å². The van der Waals surface area contributed by atoms with Crippen molar-refractivity contribution in [3.8, 4) is 0 Å². The van der Waals surface area contributed by atoms with Crippen molar-refractivity contribution in [2.75, 3.05) is 19.6 Å². The summed E-state index contributed by atoms with van der Waals surface area (Å²) < 4.78 is 0. The number of fused-ring (bicyclic) bond motifs is 2. The van der Waals surface area contributed by atoms with Crippen LogP contribution in [0.15, 0.2) is 24.3 Å². The van der Waals surface area contributed by atoms with Gasteiger partial charge in [0.25, 0.3) is 0 Å². The van der Waals surface area contributed by atoms with Crippen LogP contribution in [0.4, 0.5) is 0 Å². The Balaban J connectivity index is 1.55. The number of nitrogens with one attached hydrogen (secondary N) is 2. The van der Waals surface area contributed by atoms with E-state index in [1.165, 1.54) is 19.6 Å². The van der Waals surface area contributed by atoms with E-state index in [4.69, 9.17) is 4.98 Å². The molecule has 0 spiro atoms. The summed E-state index contributed by atoms with van der Waals surface area (Å²) in [6.45, 7) is 6.88. The molecule has 19 heavy (non-hydrogen) atoms. The Morgan fingerprint density at radius 1 is 1.32 bits per heavy atom. The highest BCUT2D eigenvalue weighted by atomic mass is 15.2. The van der Waals surface area contributed by atoms with Gasteiger partial charge in [0.2, 0.25) is 0 Å². The van der Waals surface area contributed by atoms with Crippen LogP contribution in [-0.4, -0.2) is 40.5 Å². The Kier molecular flexibility index (Phi) is 2.60. The van der Waals surface area contributed by atoms with Crippen molar-refractivity contribution in [3.63, 3.8) is 0 Å². The normalized spacial score (nSPS) is 31.1. The maximum absolute atomic E-state index is 4.69. The lowest BCUT2D eigenvalue weighted by atomic mass is 9.95. The highest BCUT2D eigenvalue weighted by molar-refractivity contribution is 5.74. The molecule has 1 aromatic carbocycles. The quantitative estimate of drug-likeness (QED) is 0.858. The second kappa shape index (κ2) is 4.32. The third-order valence-corrected chi connectivity index (χ3v) is 4.85. The van der Waals surface area contributed by atoms with E-state index in [1.807, 2.05) is 6.07 Å². The van der Waals surface area contributed by atoms with E-state index in [9.17, 15) is 0 Å². The molecule has 2 aliphatic rings. The maximum atomic E-state index is 4.69. The number of benzene rings is 1. The monoisotopic (exact) mass is 256 g/mol. The summed E-state index contributed by atoms with van der Waals surface area (Å²) in [4.78, 5) is 10.7. The Bertz CT molecular complexity index is 558. The fraction of sp³-hybridized carbons (Fsp3) is 0.533. The number of rotatable bonds is 2. The van der Waals surface area contributed by atoms with Crippen LogP contribution >= 0.6 is 0 Å². The van der Waals surface area contributed by atoms with Crippen LogP contribution < -0.4 is 5.32 Å². The van der Waals surface area contributed by atoms with Gasteiger partial charge in [-0.1, -0.05) is 12.1 Å². The molecule has 100 valence electrons. The zero-order valence-corrected chi connectivity index (χ0v) is 11.3. The number of hydrogen-bond donors (Lipinski definition) is 2. The van der Waals surface area contributed by atoms with Crippen molar-refractivity contribution in [3.05, 3.63) is 30.1 Å². The van der Waals surface area contributed by atoms with Gasteiger partial charge in [-0.25, -0.2) is 4.98 Å². The molecule has 0 radical (unpaired) electrons. The molecule has 4 rings (SSSR count). The first-order valence-electron chi connectivity index (χ1n) is 7.19. The van der Waals surface area contributed by atoms with Crippen molar-refractivity contribution >= 4 is 11.0 Å². The fourth-order valence-electron chi connectivity index (χ4n) is 3.74. The average molecular weight is 256 g/mol. The van der Waals surface area contributed by atoms with Gasteiger partial charge in [-0.2, -0.15) is 0 Å². The molecule has 2 N–H and O–H groups in total. The van der Waals surface area contributed by atoms with Crippen molar-refractivity contribution < 1.29 is 0 Å². The molecule has 0 aliphatic carbocycles. The standard InChI is InChI=1S/C15H20N4/c1-10-12-7-16-6-11(12)8-19(10)9-15-17-13-4-2-3-5-14(13)18-15/h2-5,10-12,16H,6-9H2,1H3,(H,17,18). The summed E-state index contributed by atoms with van der Waals surface area (Å²) in [5.74, 6) is 2.75. The summed E-state index contributed by atoms with van der Waals surface area (Å²) in [6, 6.07) is 8.92. The predicted molar refractivity (Wildman–Crippen MR) is 75.8 cm³/mol. The summed E-state index contributed by atoms with van der Waals surface area (Å²) >= 11 is 0. The van der Waals surface area contributed by atoms with Crippen LogP contribution in [0.25, 0.3) is 11.0 Å². The number of aromatic amines is 1. The van der Waals surface area contributed by atoms with Crippen molar-refractivity contribution in [2.45, 2.75) is 19.5 Å². The zero-order chi connectivity index (χ0) is 12.8. The zero-order valence-electron chi connectivity index (χ0n) is 11.3. The van der Waals surface area contributed by atoms with Crippen LogP contribution in [0.3, 0.4) is 0 Å². The number of hydrogen-bond acceptors (Lipinski definition) is 3. The van der Waals surface area contributed by atoms with E-state index in [1.54, 1.807) is 0 Å². The largest absolute Gasteiger partial charge is 0.341 e. The minimum atomic E-state index is 0.660. The first kappa shape index (κ1) is 11.4. The number of H-pyrrole nitrogens is 1. The van der Waals surface area contributed by atoms with E-state index in [-0.39, 0.29) is 0 Å². The van der Waals surface area contributed by atoms with Crippen LogP contribution in [0.2, 0.25) is 0 Å². The van der Waals surface area contributed by atoms with Gasteiger partial charge in [0.1, 0.15) is 5.82 Å². The van der Waals surface area contributed by atoms with Gasteiger partial charge in [0, 0.05) is 12.6 Å². The first-order valence-corrected chi connectivity index (χ1v) is 7.19. The molecule has 3 heterocycles. The van der Waals surface area contributed by atoms with Gasteiger partial charge in [0.15, 0.2) is 0 Å². The molecular formula is C15H20N4.